The summed E-state index contributed by atoms with van der Waals surface area (Å²) in [5.74, 6) is -0.945. The second kappa shape index (κ2) is 4.31. The molecule has 1 aromatic rings. The van der Waals surface area contributed by atoms with Crippen LogP contribution in [-0.2, 0) is 0 Å². The largest absolute Gasteiger partial charge is 0.478 e. The zero-order chi connectivity index (χ0) is 10.7. The van der Waals surface area contributed by atoms with Crippen molar-refractivity contribution in [3.63, 3.8) is 0 Å². The van der Waals surface area contributed by atoms with Gasteiger partial charge in [-0.15, -0.1) is 0 Å². The molecule has 2 heterocycles. The molecule has 0 radical (unpaired) electrons. The minimum absolute atomic E-state index is 0.119. The van der Waals surface area contributed by atoms with Crippen LogP contribution in [0.2, 0.25) is 0 Å². The number of aliphatic imine (C=N–C) groups is 2. The van der Waals surface area contributed by atoms with E-state index in [1.165, 1.54) is 17.7 Å². The Balaban J connectivity index is 2.28. The molecular formula is C9H9N3O2S. The van der Waals surface area contributed by atoms with Gasteiger partial charge in [0.15, 0.2) is 0 Å². The second-order valence-corrected chi connectivity index (χ2v) is 3.90. The third kappa shape index (κ3) is 2.10. The van der Waals surface area contributed by atoms with E-state index in [1.54, 1.807) is 12.4 Å². The fraction of sp³-hybridized carbons (Fsp3) is 0.333. The van der Waals surface area contributed by atoms with Crippen LogP contribution < -0.4 is 0 Å². The molecule has 1 N–H and O–H groups in total. The monoisotopic (exact) mass is 223 g/mol. The fourth-order valence-electron chi connectivity index (χ4n) is 1.38. The normalized spacial score (nSPS) is 20.1. The summed E-state index contributed by atoms with van der Waals surface area (Å²) in [4.78, 5) is 19.9. The Kier molecular flexibility index (Phi) is 2.86. The summed E-state index contributed by atoms with van der Waals surface area (Å²) < 4.78 is 3.90. The van der Waals surface area contributed by atoms with E-state index >= 15 is 0 Å². The van der Waals surface area contributed by atoms with Gasteiger partial charge in [-0.1, -0.05) is 0 Å². The van der Waals surface area contributed by atoms with Crippen molar-refractivity contribution < 1.29 is 9.90 Å². The van der Waals surface area contributed by atoms with Crippen LogP contribution in [0.4, 0.5) is 0 Å². The average Bonchev–Trinajstić information content (AvgIpc) is 2.55. The first-order valence-electron chi connectivity index (χ1n) is 4.48. The third-order valence-electron chi connectivity index (χ3n) is 2.10. The quantitative estimate of drug-likeness (QED) is 0.824. The molecule has 0 aromatic carbocycles. The molecule has 1 aromatic heterocycles. The number of carboxylic acids is 1. The van der Waals surface area contributed by atoms with Crippen LogP contribution in [-0.4, -0.2) is 34.4 Å². The lowest BCUT2D eigenvalue weighted by Gasteiger charge is -2.07. The molecule has 0 bridgehead atoms. The highest BCUT2D eigenvalue weighted by Crippen LogP contribution is 2.28. The zero-order valence-electron chi connectivity index (χ0n) is 7.83. The molecule has 1 aliphatic heterocycles. The maximum atomic E-state index is 10.9. The number of rotatable bonds is 2. The standard InChI is InChI=1S/C9H9N3O2S/c13-9(14)6-5-12-15-8(6)7-1-2-10-3-4-11-7/h3-5,7H,1-2H2,(H,13,14). The lowest BCUT2D eigenvalue weighted by atomic mass is 10.1. The number of hydrogen-bond acceptors (Lipinski definition) is 5. The van der Waals surface area contributed by atoms with E-state index in [1.807, 2.05) is 0 Å². The van der Waals surface area contributed by atoms with Gasteiger partial charge in [0.1, 0.15) is 0 Å². The Hall–Kier alpha value is -1.56. The highest BCUT2D eigenvalue weighted by Gasteiger charge is 2.20. The summed E-state index contributed by atoms with van der Waals surface area (Å²) in [5.41, 5.74) is 0.254. The van der Waals surface area contributed by atoms with Crippen LogP contribution in [0.15, 0.2) is 16.2 Å². The zero-order valence-corrected chi connectivity index (χ0v) is 8.65. The van der Waals surface area contributed by atoms with Crippen LogP contribution >= 0.6 is 11.5 Å². The van der Waals surface area contributed by atoms with E-state index in [-0.39, 0.29) is 11.6 Å². The van der Waals surface area contributed by atoms with Gasteiger partial charge in [-0.05, 0) is 18.0 Å². The SMILES string of the molecule is O=C(O)c1cnsc1C1CCN=CC=N1. The molecular weight excluding hydrogens is 214 g/mol. The molecule has 2 rings (SSSR count). The Morgan fingerprint density at radius 3 is 3.20 bits per heavy atom. The lowest BCUT2D eigenvalue weighted by Crippen LogP contribution is -2.03. The lowest BCUT2D eigenvalue weighted by molar-refractivity contribution is 0.0695. The van der Waals surface area contributed by atoms with Crippen molar-refractivity contribution in [3.05, 3.63) is 16.6 Å². The van der Waals surface area contributed by atoms with Crippen molar-refractivity contribution >= 4 is 29.9 Å². The van der Waals surface area contributed by atoms with E-state index < -0.39 is 5.97 Å². The summed E-state index contributed by atoms with van der Waals surface area (Å²) in [6.07, 6.45) is 5.36. The van der Waals surface area contributed by atoms with Crippen LogP contribution in [0.1, 0.15) is 27.7 Å². The van der Waals surface area contributed by atoms with Crippen molar-refractivity contribution in [2.45, 2.75) is 12.5 Å². The predicted octanol–water partition coefficient (Wildman–Crippen LogP) is 1.43. The van der Waals surface area contributed by atoms with E-state index in [2.05, 4.69) is 14.4 Å². The van der Waals surface area contributed by atoms with Crippen molar-refractivity contribution in [2.75, 3.05) is 6.54 Å². The van der Waals surface area contributed by atoms with Gasteiger partial charge in [0, 0.05) is 19.0 Å². The molecule has 0 aliphatic carbocycles. The number of carboxylic acid groups (broad SMARTS) is 1. The summed E-state index contributed by atoms with van der Waals surface area (Å²) in [5, 5.41) is 8.94. The maximum Gasteiger partial charge on any atom is 0.338 e. The van der Waals surface area contributed by atoms with Gasteiger partial charge >= 0.3 is 5.97 Å². The number of nitrogens with zero attached hydrogens (tertiary/aromatic N) is 3. The minimum atomic E-state index is -0.945. The van der Waals surface area contributed by atoms with Crippen molar-refractivity contribution in [1.29, 1.82) is 0 Å². The molecule has 0 fully saturated rings. The first-order valence-corrected chi connectivity index (χ1v) is 5.26. The van der Waals surface area contributed by atoms with Gasteiger partial charge in [-0.25, -0.2) is 4.79 Å². The molecule has 0 saturated carbocycles. The maximum absolute atomic E-state index is 10.9. The van der Waals surface area contributed by atoms with Gasteiger partial charge in [-0.3, -0.25) is 9.98 Å². The molecule has 15 heavy (non-hydrogen) atoms. The van der Waals surface area contributed by atoms with Crippen molar-refractivity contribution in [3.8, 4) is 0 Å². The topological polar surface area (TPSA) is 74.9 Å². The molecule has 78 valence electrons. The highest BCUT2D eigenvalue weighted by atomic mass is 32.1. The molecule has 0 saturated heterocycles. The molecule has 1 atom stereocenters. The summed E-state index contributed by atoms with van der Waals surface area (Å²) in [6.45, 7) is 0.668. The number of carbonyl (C=O) groups is 1. The van der Waals surface area contributed by atoms with Gasteiger partial charge in [0.25, 0.3) is 0 Å². The smallest absolute Gasteiger partial charge is 0.338 e. The predicted molar refractivity (Wildman–Crippen MR) is 58.3 cm³/mol. The summed E-state index contributed by atoms with van der Waals surface area (Å²) in [7, 11) is 0. The van der Waals surface area contributed by atoms with E-state index in [0.29, 0.717) is 11.4 Å². The van der Waals surface area contributed by atoms with Crippen LogP contribution in [0, 0.1) is 0 Å². The molecule has 1 unspecified atom stereocenters. The fourth-order valence-corrected chi connectivity index (χ4v) is 2.19. The van der Waals surface area contributed by atoms with Gasteiger partial charge in [0.2, 0.25) is 0 Å². The Bertz CT molecular complexity index is 425. The highest BCUT2D eigenvalue weighted by molar-refractivity contribution is 7.06. The average molecular weight is 223 g/mol. The van der Waals surface area contributed by atoms with Gasteiger partial charge < -0.3 is 5.11 Å². The molecule has 1 aliphatic rings. The van der Waals surface area contributed by atoms with Crippen LogP contribution in [0.3, 0.4) is 0 Å². The van der Waals surface area contributed by atoms with Crippen molar-refractivity contribution in [1.82, 2.24) is 4.37 Å². The molecule has 0 amide bonds. The van der Waals surface area contributed by atoms with E-state index in [4.69, 9.17) is 5.11 Å². The summed E-state index contributed by atoms with van der Waals surface area (Å²) in [6, 6.07) is -0.119. The first-order chi connectivity index (χ1) is 7.29. The van der Waals surface area contributed by atoms with E-state index in [0.717, 1.165) is 6.42 Å². The Morgan fingerprint density at radius 2 is 2.40 bits per heavy atom. The number of aromatic nitrogens is 1. The van der Waals surface area contributed by atoms with E-state index in [9.17, 15) is 4.79 Å². The number of aromatic carboxylic acids is 1. The molecule has 5 nitrogen and oxygen atoms in total. The van der Waals surface area contributed by atoms with Crippen molar-refractivity contribution in [2.24, 2.45) is 9.98 Å². The summed E-state index contributed by atoms with van der Waals surface area (Å²) >= 11 is 1.19. The van der Waals surface area contributed by atoms with Gasteiger partial charge in [0.05, 0.1) is 22.7 Å². The number of hydrogen-bond donors (Lipinski definition) is 1. The molecule has 6 heteroatoms. The first kappa shape index (κ1) is 9.97. The molecule has 0 spiro atoms. The minimum Gasteiger partial charge on any atom is -0.478 e. The van der Waals surface area contributed by atoms with Crippen LogP contribution in [0.25, 0.3) is 0 Å². The second-order valence-electron chi connectivity index (χ2n) is 3.07. The Labute approximate surface area is 90.4 Å². The third-order valence-corrected chi connectivity index (χ3v) is 3.00. The van der Waals surface area contributed by atoms with Crippen LogP contribution in [0.5, 0.6) is 0 Å². The Morgan fingerprint density at radius 1 is 1.53 bits per heavy atom. The van der Waals surface area contributed by atoms with Gasteiger partial charge in [-0.2, -0.15) is 4.37 Å².